The molecule has 0 saturated carbocycles. The summed E-state index contributed by atoms with van der Waals surface area (Å²) in [4.78, 5) is 25.2. The van der Waals surface area contributed by atoms with Gasteiger partial charge in [0.05, 0.1) is 0 Å². The van der Waals surface area contributed by atoms with Crippen LogP contribution < -0.4 is 15.2 Å². The van der Waals surface area contributed by atoms with E-state index in [0.717, 1.165) is 63.7 Å². The Morgan fingerprint density at radius 3 is 1.44 bits per heavy atom. The van der Waals surface area contributed by atoms with E-state index in [1.807, 2.05) is 57.1 Å². The van der Waals surface area contributed by atoms with Crippen molar-refractivity contribution in [1.29, 1.82) is 0 Å². The van der Waals surface area contributed by atoms with Crippen LogP contribution in [0.25, 0.3) is 0 Å². The number of nitrogens with zero attached hydrogens (tertiary/aromatic N) is 1. The van der Waals surface area contributed by atoms with E-state index in [1.54, 1.807) is 0 Å². The van der Waals surface area contributed by atoms with Gasteiger partial charge in [-0.1, -0.05) is 117 Å². The second-order valence-corrected chi connectivity index (χ2v) is 22.6. The van der Waals surface area contributed by atoms with Gasteiger partial charge in [0.1, 0.15) is 39.4 Å². The molecule has 5 N–H and O–H groups in total. The number of fused-ring (bicyclic) bond motifs is 6. The number of primary amides is 1. The molecule has 0 radical (unpaired) electrons. The normalized spacial score (nSPS) is 21.1. The van der Waals surface area contributed by atoms with Gasteiger partial charge in [-0.05, 0) is 132 Å². The molecule has 9 nitrogen and oxygen atoms in total. The van der Waals surface area contributed by atoms with Crippen molar-refractivity contribution in [3.63, 3.8) is 0 Å². The number of hydrogen-bond donors (Lipinski definition) is 4. The zero-order valence-electron chi connectivity index (χ0n) is 43.1. The molecule has 2 aliphatic carbocycles. The molecule has 2 aromatic carbocycles. The summed E-state index contributed by atoms with van der Waals surface area (Å²) in [5.74, 6) is 1.16. The number of aliphatic carboxylic acids is 1. The van der Waals surface area contributed by atoms with Crippen LogP contribution in [0.4, 0.5) is 0 Å². The summed E-state index contributed by atoms with van der Waals surface area (Å²) in [6.07, 6.45) is 18.1. The molecule has 0 unspecified atom stereocenters. The quantitative estimate of drug-likeness (QED) is 0.102. The van der Waals surface area contributed by atoms with Crippen LogP contribution in [0.15, 0.2) is 58.3 Å². The molecule has 4 atom stereocenters. The SMILES string of the molecule is CC(C)=C(Cl)N(C)C.CCCCCCC(C)(C)c1cc(O)c2c(c1)OC(C)(C)[C@@H]1CC=C(C(=O)O)C[C@@H]21.CCCCCCC(C)(C)c1cc(O)c2c(c1)OC(C)(C)[C@@H]1CC=C(C(N)=O)C[C@@H]21. The third kappa shape index (κ3) is 13.1. The van der Waals surface area contributed by atoms with Crippen molar-refractivity contribution in [3.05, 3.63) is 80.5 Å². The third-order valence-electron chi connectivity index (χ3n) is 14.9. The van der Waals surface area contributed by atoms with Gasteiger partial charge in [0, 0.05) is 60.0 Å². The van der Waals surface area contributed by atoms with Gasteiger partial charge in [0.2, 0.25) is 5.91 Å². The number of phenolic OH excluding ortho intramolecular Hbond substituents is 2. The second kappa shape index (κ2) is 22.3. The van der Waals surface area contributed by atoms with Crippen molar-refractivity contribution < 1.29 is 34.4 Å². The molecule has 66 heavy (non-hydrogen) atoms. The summed E-state index contributed by atoms with van der Waals surface area (Å²) < 4.78 is 12.8. The molecular weight excluding hydrogens is 848 g/mol. The number of allylic oxidation sites excluding steroid dienone is 3. The van der Waals surface area contributed by atoms with Crippen LogP contribution in [0.2, 0.25) is 0 Å². The van der Waals surface area contributed by atoms with Gasteiger partial charge in [-0.25, -0.2) is 4.79 Å². The van der Waals surface area contributed by atoms with E-state index in [9.17, 15) is 24.9 Å². The van der Waals surface area contributed by atoms with Crippen LogP contribution in [0.5, 0.6) is 23.0 Å². The molecule has 0 aromatic heterocycles. The fraction of sp³-hybridized carbons (Fsp3) is 0.643. The van der Waals surface area contributed by atoms with E-state index in [0.29, 0.717) is 30.4 Å². The highest BCUT2D eigenvalue weighted by molar-refractivity contribution is 6.29. The first-order valence-electron chi connectivity index (χ1n) is 24.7. The number of benzene rings is 2. The zero-order chi connectivity index (χ0) is 49.5. The number of phenols is 2. The largest absolute Gasteiger partial charge is 0.508 e. The summed E-state index contributed by atoms with van der Waals surface area (Å²) in [7, 11) is 3.85. The average molecular weight is 934 g/mol. The molecule has 0 spiro atoms. The molecule has 2 aromatic rings. The molecule has 4 aliphatic rings. The number of carbonyl (C=O) groups excluding carboxylic acids is 1. The summed E-state index contributed by atoms with van der Waals surface area (Å²) in [5, 5.41) is 32.3. The number of halogens is 1. The maximum Gasteiger partial charge on any atom is 0.331 e. The summed E-state index contributed by atoms with van der Waals surface area (Å²) in [6.45, 7) is 25.7. The maximum atomic E-state index is 11.8. The lowest BCUT2D eigenvalue weighted by Gasteiger charge is -2.47. The van der Waals surface area contributed by atoms with E-state index < -0.39 is 11.6 Å². The van der Waals surface area contributed by atoms with Crippen molar-refractivity contribution in [1.82, 2.24) is 4.90 Å². The van der Waals surface area contributed by atoms with E-state index in [4.69, 9.17) is 26.8 Å². The Morgan fingerprint density at radius 2 is 1.11 bits per heavy atom. The second-order valence-electron chi connectivity index (χ2n) is 22.2. The molecule has 0 bridgehead atoms. The van der Waals surface area contributed by atoms with Gasteiger partial charge in [-0.3, -0.25) is 4.79 Å². The fourth-order valence-electron chi connectivity index (χ4n) is 10.7. The van der Waals surface area contributed by atoms with E-state index in [2.05, 4.69) is 81.4 Å². The van der Waals surface area contributed by atoms with Crippen molar-refractivity contribution in [3.8, 4) is 23.0 Å². The topological polar surface area (TPSA) is 143 Å². The number of nitrogens with two attached hydrogens (primary N) is 1. The number of unbranched alkanes of at least 4 members (excludes halogenated alkanes) is 6. The Morgan fingerprint density at radius 1 is 0.712 bits per heavy atom. The molecule has 1 amide bonds. The standard InChI is InChI=1S/C25H37NO3.C25H36O4.C6H12ClN/c1-6-7-8-9-12-24(2,3)17-14-20(27)22-18-13-16(23(26)28)10-11-19(18)25(4,5)29-21(22)15-17;1-6-7-8-9-12-24(2,3)17-14-20(26)22-18-13-16(23(27)28)10-11-19(18)25(4,5)29-21(22)15-17;1-5(2)6(7)8(3)4/h10,14-15,18-19,27H,6-9,11-13H2,1-5H3,(H2,26,28);10,14-15,18-19,26H,6-9,11-13H2,1-5H3,(H,27,28);1-4H3/t2*18-,19-;/m11./s1. The first-order chi connectivity index (χ1) is 30.7. The molecule has 368 valence electrons. The van der Waals surface area contributed by atoms with E-state index in [-0.39, 0.29) is 57.5 Å². The average Bonchev–Trinajstić information content (AvgIpc) is 3.22. The van der Waals surface area contributed by atoms with E-state index in [1.165, 1.54) is 51.4 Å². The Kier molecular flexibility index (Phi) is 18.4. The summed E-state index contributed by atoms with van der Waals surface area (Å²) in [6, 6.07) is 8.01. The number of hydrogen-bond acceptors (Lipinski definition) is 7. The molecule has 2 aliphatic heterocycles. The number of rotatable bonds is 15. The highest BCUT2D eigenvalue weighted by atomic mass is 35.5. The number of carbonyl (C=O) groups is 2. The summed E-state index contributed by atoms with van der Waals surface area (Å²) >= 11 is 5.76. The fourth-order valence-corrected chi connectivity index (χ4v) is 10.7. The van der Waals surface area contributed by atoms with Gasteiger partial charge in [0.15, 0.2) is 0 Å². The van der Waals surface area contributed by atoms with Crippen LogP contribution in [0.1, 0.15) is 207 Å². The molecule has 0 fully saturated rings. The van der Waals surface area contributed by atoms with Gasteiger partial charge in [-0.2, -0.15) is 0 Å². The van der Waals surface area contributed by atoms with E-state index >= 15 is 0 Å². The summed E-state index contributed by atoms with van der Waals surface area (Å²) in [5.41, 5.74) is 10.8. The lowest BCUT2D eigenvalue weighted by Crippen LogP contribution is -2.46. The number of ether oxygens (including phenoxy) is 2. The van der Waals surface area contributed by atoms with Gasteiger partial charge >= 0.3 is 5.97 Å². The number of amides is 1. The molecule has 0 saturated heterocycles. The Balaban J connectivity index is 0.000000248. The van der Waals surface area contributed by atoms with Gasteiger partial charge < -0.3 is 35.4 Å². The highest BCUT2D eigenvalue weighted by Gasteiger charge is 2.48. The predicted octanol–water partition coefficient (Wildman–Crippen LogP) is 14.1. The Hall–Kier alpha value is -4.11. The van der Waals surface area contributed by atoms with Crippen LogP contribution in [-0.2, 0) is 20.4 Å². The minimum atomic E-state index is -0.862. The smallest absolute Gasteiger partial charge is 0.331 e. The lowest BCUT2D eigenvalue weighted by molar-refractivity contribution is -0.133. The molecular formula is C56H85ClN2O7. The van der Waals surface area contributed by atoms with Crippen LogP contribution in [0, 0.1) is 11.8 Å². The minimum absolute atomic E-state index is 0.0323. The molecule has 6 rings (SSSR count). The third-order valence-corrected chi connectivity index (χ3v) is 15.6. The Labute approximate surface area is 403 Å². The predicted molar refractivity (Wildman–Crippen MR) is 271 cm³/mol. The lowest BCUT2D eigenvalue weighted by atomic mass is 9.66. The number of carboxylic acid groups (broad SMARTS) is 1. The Bertz CT molecular complexity index is 1990. The molecule has 10 heteroatoms. The highest BCUT2D eigenvalue weighted by Crippen LogP contribution is 2.56. The van der Waals surface area contributed by atoms with Crippen LogP contribution >= 0.6 is 11.6 Å². The molecule has 2 heterocycles. The van der Waals surface area contributed by atoms with Crippen LogP contribution in [0.3, 0.4) is 0 Å². The number of aromatic hydroxyl groups is 2. The van der Waals surface area contributed by atoms with Crippen LogP contribution in [-0.4, -0.2) is 57.4 Å². The number of carboxylic acids is 1. The monoisotopic (exact) mass is 933 g/mol. The zero-order valence-corrected chi connectivity index (χ0v) is 43.8. The van der Waals surface area contributed by atoms with Crippen molar-refractivity contribution >= 4 is 23.5 Å². The van der Waals surface area contributed by atoms with Gasteiger partial charge in [-0.15, -0.1) is 0 Å². The minimum Gasteiger partial charge on any atom is -0.508 e. The van der Waals surface area contributed by atoms with Crippen molar-refractivity contribution in [2.75, 3.05) is 14.1 Å². The first kappa shape index (κ1) is 54.5. The maximum absolute atomic E-state index is 11.8. The first-order valence-corrected chi connectivity index (χ1v) is 25.1. The van der Waals surface area contributed by atoms with Crippen molar-refractivity contribution in [2.45, 2.75) is 207 Å². The van der Waals surface area contributed by atoms with Gasteiger partial charge in [0.25, 0.3) is 0 Å². The van der Waals surface area contributed by atoms with Crippen molar-refractivity contribution in [2.24, 2.45) is 17.6 Å².